The van der Waals surface area contributed by atoms with E-state index >= 15 is 0 Å². The number of nitrogens with one attached hydrogen (secondary N) is 1. The van der Waals surface area contributed by atoms with Crippen LogP contribution >= 0.6 is 12.6 Å². The topological polar surface area (TPSA) is 51.1 Å². The van der Waals surface area contributed by atoms with E-state index in [1.54, 1.807) is 16.7 Å². The Bertz CT molecular complexity index is 913. The third-order valence-electron chi connectivity index (χ3n) is 4.76. The van der Waals surface area contributed by atoms with Gasteiger partial charge in [0.15, 0.2) is 0 Å². The summed E-state index contributed by atoms with van der Waals surface area (Å²) in [5.41, 5.74) is 0.785. The van der Waals surface area contributed by atoms with E-state index in [1.165, 1.54) is 6.42 Å². The fourth-order valence-electron chi connectivity index (χ4n) is 3.18. The van der Waals surface area contributed by atoms with Crippen molar-refractivity contribution in [1.82, 2.24) is 9.88 Å². The average molecular weight is 443 g/mol. The number of allylic oxidation sites excluding steroid dienone is 1. The molecule has 5 heteroatoms. The summed E-state index contributed by atoms with van der Waals surface area (Å²) in [5.74, 6) is 0.691. The summed E-state index contributed by atoms with van der Waals surface area (Å²) in [4.78, 5) is 25.8. The van der Waals surface area contributed by atoms with Gasteiger partial charge in [-0.1, -0.05) is 56.7 Å². The highest BCUT2D eigenvalue weighted by atomic mass is 32.1. The van der Waals surface area contributed by atoms with Crippen molar-refractivity contribution in [3.05, 3.63) is 71.1 Å². The van der Waals surface area contributed by atoms with Gasteiger partial charge >= 0.3 is 0 Å². The fourth-order valence-corrected chi connectivity index (χ4v) is 3.18. The zero-order valence-corrected chi connectivity index (χ0v) is 20.3. The number of benzene rings is 1. The predicted molar refractivity (Wildman–Crippen MR) is 137 cm³/mol. The Kier molecular flexibility index (Phi) is 12.7. The van der Waals surface area contributed by atoms with E-state index in [4.69, 9.17) is 0 Å². The number of rotatable bonds is 10. The van der Waals surface area contributed by atoms with E-state index < -0.39 is 0 Å². The minimum Gasteiger partial charge on any atom is -0.349 e. The summed E-state index contributed by atoms with van der Waals surface area (Å²) in [5, 5.41) is 3.90. The molecule has 1 heterocycles. The summed E-state index contributed by atoms with van der Waals surface area (Å²) in [6.45, 7) is 11.9. The van der Waals surface area contributed by atoms with Crippen LogP contribution in [0.15, 0.2) is 59.9 Å². The zero-order valence-electron chi connectivity index (χ0n) is 19.4. The number of carbonyl (C=O) groups excluding carboxylic acids is 1. The van der Waals surface area contributed by atoms with Gasteiger partial charge in [0.25, 0.3) is 11.5 Å². The van der Waals surface area contributed by atoms with Crippen molar-refractivity contribution >= 4 is 29.4 Å². The largest absolute Gasteiger partial charge is 0.349 e. The summed E-state index contributed by atoms with van der Waals surface area (Å²) < 4.78 is 1.69. The van der Waals surface area contributed by atoms with Crippen LogP contribution in [0.2, 0.25) is 0 Å². The van der Waals surface area contributed by atoms with Crippen molar-refractivity contribution < 1.29 is 4.79 Å². The maximum absolute atomic E-state index is 13.0. The second kappa shape index (κ2) is 14.7. The summed E-state index contributed by atoms with van der Waals surface area (Å²) in [7, 11) is 0. The van der Waals surface area contributed by atoms with Crippen LogP contribution in [-0.4, -0.2) is 22.3 Å². The molecule has 0 radical (unpaired) electrons. The monoisotopic (exact) mass is 442 g/mol. The first-order chi connectivity index (χ1) is 14.9. The van der Waals surface area contributed by atoms with E-state index in [0.717, 1.165) is 35.9 Å². The molecule has 1 aromatic heterocycles. The smallest absolute Gasteiger partial charge is 0.264 e. The number of carbonyl (C=O) groups is 1. The number of fused-ring (bicyclic) bond motifs is 1. The first kappa shape index (κ1) is 26.8. The van der Waals surface area contributed by atoms with Gasteiger partial charge in [0, 0.05) is 12.1 Å². The lowest BCUT2D eigenvalue weighted by Crippen LogP contribution is -2.39. The number of nitrogens with zero attached hydrogens (tertiary/aromatic N) is 1. The minimum absolute atomic E-state index is 0.0314. The van der Waals surface area contributed by atoms with Crippen LogP contribution in [-0.2, 0) is 0 Å². The highest BCUT2D eigenvalue weighted by molar-refractivity contribution is 7.80. The number of hydrogen-bond donors (Lipinski definition) is 2. The van der Waals surface area contributed by atoms with Gasteiger partial charge in [0.2, 0.25) is 0 Å². The van der Waals surface area contributed by atoms with Crippen molar-refractivity contribution in [2.45, 2.75) is 71.9 Å². The number of para-hydroxylation sites is 1. The lowest BCUT2D eigenvalue weighted by molar-refractivity contribution is 0.0935. The van der Waals surface area contributed by atoms with Crippen molar-refractivity contribution in [2.24, 2.45) is 0 Å². The zero-order chi connectivity index (χ0) is 23.2. The van der Waals surface area contributed by atoms with E-state index in [1.807, 2.05) is 38.1 Å². The molecule has 0 spiro atoms. The van der Waals surface area contributed by atoms with Crippen molar-refractivity contribution in [3.8, 4) is 0 Å². The highest BCUT2D eigenvalue weighted by Gasteiger charge is 2.19. The normalized spacial score (nSPS) is 11.9. The van der Waals surface area contributed by atoms with Gasteiger partial charge in [-0.2, -0.15) is 12.6 Å². The van der Waals surface area contributed by atoms with Crippen LogP contribution in [0.3, 0.4) is 0 Å². The van der Waals surface area contributed by atoms with Crippen LogP contribution in [0.4, 0.5) is 0 Å². The predicted octanol–water partition coefficient (Wildman–Crippen LogP) is 6.33. The third-order valence-corrected chi connectivity index (χ3v) is 5.21. The van der Waals surface area contributed by atoms with E-state index in [9.17, 15) is 9.59 Å². The lowest BCUT2D eigenvalue weighted by atomic mass is 10.1. The molecule has 0 bridgehead atoms. The van der Waals surface area contributed by atoms with Crippen LogP contribution in [0.1, 0.15) is 76.2 Å². The molecule has 0 saturated carbocycles. The molecule has 4 nitrogen and oxygen atoms in total. The third kappa shape index (κ3) is 8.41. The maximum Gasteiger partial charge on any atom is 0.264 e. The van der Waals surface area contributed by atoms with Crippen molar-refractivity contribution in [2.75, 3.05) is 5.75 Å². The molecule has 1 aromatic carbocycles. The molecule has 1 amide bonds. The number of unbranched alkanes of at least 4 members (excludes halogenated alkanes) is 1. The number of amides is 1. The SMILES string of the molecule is C=CCC(C/C=C\CCC)NC(=O)c1cc2ccccc2n(C(C)C)c1=O.CCCS. The number of thiol groups is 1. The second-order valence-electron chi connectivity index (χ2n) is 7.80. The van der Waals surface area contributed by atoms with E-state index in [2.05, 4.69) is 50.5 Å². The van der Waals surface area contributed by atoms with Crippen LogP contribution in [0.25, 0.3) is 10.9 Å². The Morgan fingerprint density at radius 2 is 1.84 bits per heavy atom. The van der Waals surface area contributed by atoms with Crippen LogP contribution < -0.4 is 10.9 Å². The molecular formula is C26H38N2O2S. The van der Waals surface area contributed by atoms with Gasteiger partial charge in [0.1, 0.15) is 5.56 Å². The maximum atomic E-state index is 13.0. The van der Waals surface area contributed by atoms with Gasteiger partial charge in [-0.05, 0) is 62.8 Å². The molecule has 0 saturated heterocycles. The molecule has 1 atom stereocenters. The van der Waals surface area contributed by atoms with Crippen molar-refractivity contribution in [3.63, 3.8) is 0 Å². The van der Waals surface area contributed by atoms with Gasteiger partial charge in [-0.25, -0.2) is 0 Å². The Balaban J connectivity index is 0.00000110. The van der Waals surface area contributed by atoms with Gasteiger partial charge in [0.05, 0.1) is 5.52 Å². The highest BCUT2D eigenvalue weighted by Crippen LogP contribution is 2.17. The minimum atomic E-state index is -0.323. The Labute approximate surface area is 192 Å². The van der Waals surface area contributed by atoms with Crippen LogP contribution in [0.5, 0.6) is 0 Å². The molecular weight excluding hydrogens is 404 g/mol. The Morgan fingerprint density at radius 3 is 2.42 bits per heavy atom. The second-order valence-corrected chi connectivity index (χ2v) is 8.25. The molecule has 0 fully saturated rings. The number of pyridine rings is 1. The molecule has 1 unspecified atom stereocenters. The fraction of sp³-hybridized carbons (Fsp3) is 0.462. The summed E-state index contributed by atoms with van der Waals surface area (Å²) >= 11 is 3.92. The molecule has 2 rings (SSSR count). The van der Waals surface area contributed by atoms with Gasteiger partial charge < -0.3 is 9.88 Å². The molecule has 2 aromatic rings. The standard InChI is InChI=1S/C23H30N2O2.C3H8S/c1-5-7-8-9-14-19(12-6-2)24-22(26)20-16-18-13-10-11-15-21(18)25(17(3)4)23(20)27;1-2-3-4/h6,8-11,13,15-17,19H,2,5,7,12,14H2,1,3-4H3,(H,24,26);4H,2-3H2,1H3/b9-8-;. The van der Waals surface area contributed by atoms with E-state index in [0.29, 0.717) is 6.42 Å². The summed E-state index contributed by atoms with van der Waals surface area (Å²) in [6, 6.07) is 9.26. The van der Waals surface area contributed by atoms with Crippen molar-refractivity contribution in [1.29, 1.82) is 0 Å². The lowest BCUT2D eigenvalue weighted by Gasteiger charge is -2.18. The average Bonchev–Trinajstić information content (AvgIpc) is 2.76. The molecule has 31 heavy (non-hydrogen) atoms. The number of aromatic nitrogens is 1. The Hall–Kier alpha value is -2.27. The molecule has 170 valence electrons. The summed E-state index contributed by atoms with van der Waals surface area (Å²) in [6.07, 6.45) is 10.7. The molecule has 0 aliphatic heterocycles. The Morgan fingerprint density at radius 1 is 1.16 bits per heavy atom. The first-order valence-corrected chi connectivity index (χ1v) is 11.9. The molecule has 0 aliphatic rings. The quantitative estimate of drug-likeness (QED) is 0.334. The van der Waals surface area contributed by atoms with Gasteiger partial charge in [-0.15, -0.1) is 6.58 Å². The molecule has 0 aliphatic carbocycles. The van der Waals surface area contributed by atoms with Crippen LogP contribution in [0, 0.1) is 0 Å². The first-order valence-electron chi connectivity index (χ1n) is 11.2. The van der Waals surface area contributed by atoms with E-state index in [-0.39, 0.29) is 29.1 Å². The van der Waals surface area contributed by atoms with Gasteiger partial charge in [-0.3, -0.25) is 9.59 Å². The molecule has 1 N–H and O–H groups in total. The number of hydrogen-bond acceptors (Lipinski definition) is 3.